The van der Waals surface area contributed by atoms with Gasteiger partial charge < -0.3 is 9.47 Å². The van der Waals surface area contributed by atoms with Gasteiger partial charge in [0.05, 0.1) is 41.9 Å². The maximum atomic E-state index is 13.6. The van der Waals surface area contributed by atoms with Gasteiger partial charge in [0, 0.05) is 19.0 Å². The number of hydrogen-bond acceptors (Lipinski definition) is 6. The normalized spacial score (nSPS) is 12.8. The SMILES string of the molecule is COc1ccc2c(=O)n(-c3cccc(C)c3)c(CCN3C(=O)c4cccc(OC)c4C3=O)nc2c1. The van der Waals surface area contributed by atoms with Gasteiger partial charge in [0.25, 0.3) is 17.4 Å². The van der Waals surface area contributed by atoms with Crippen LogP contribution >= 0.6 is 0 Å². The number of rotatable bonds is 6. The summed E-state index contributed by atoms with van der Waals surface area (Å²) in [5.41, 5.74) is 2.47. The fourth-order valence-corrected chi connectivity index (χ4v) is 4.43. The van der Waals surface area contributed by atoms with Crippen molar-refractivity contribution in [2.45, 2.75) is 13.3 Å². The monoisotopic (exact) mass is 469 g/mol. The maximum Gasteiger partial charge on any atom is 0.265 e. The van der Waals surface area contributed by atoms with Gasteiger partial charge in [-0.25, -0.2) is 4.98 Å². The summed E-state index contributed by atoms with van der Waals surface area (Å²) in [5.74, 6) is 0.557. The van der Waals surface area contributed by atoms with E-state index >= 15 is 0 Å². The Morgan fingerprint density at radius 1 is 0.886 bits per heavy atom. The number of carbonyl (C=O) groups excluding carboxylic acids is 2. The Bertz CT molecular complexity index is 1560. The van der Waals surface area contributed by atoms with E-state index in [4.69, 9.17) is 14.5 Å². The zero-order chi connectivity index (χ0) is 24.7. The van der Waals surface area contributed by atoms with Crippen LogP contribution in [0.2, 0.25) is 0 Å². The first kappa shape index (κ1) is 22.3. The number of imide groups is 1. The molecule has 0 saturated carbocycles. The first-order valence-electron chi connectivity index (χ1n) is 11.1. The lowest BCUT2D eigenvalue weighted by Crippen LogP contribution is -2.33. The third-order valence-corrected chi connectivity index (χ3v) is 6.15. The standard InChI is InChI=1S/C27H23N3O5/c1-16-6-4-7-17(14-16)30-23(28-21-15-18(34-2)10-11-19(21)26(30)32)12-13-29-25(31)20-8-5-9-22(35-3)24(20)27(29)33/h4-11,14-15H,12-13H2,1-3H3. The molecule has 8 heteroatoms. The predicted molar refractivity (Wildman–Crippen MR) is 131 cm³/mol. The van der Waals surface area contributed by atoms with Crippen molar-refractivity contribution in [1.29, 1.82) is 0 Å². The second-order valence-corrected chi connectivity index (χ2v) is 8.29. The summed E-state index contributed by atoms with van der Waals surface area (Å²) < 4.78 is 12.1. The Balaban J connectivity index is 1.58. The Kier molecular flexibility index (Phi) is 5.56. The van der Waals surface area contributed by atoms with E-state index in [9.17, 15) is 14.4 Å². The van der Waals surface area contributed by atoms with E-state index in [-0.39, 0.29) is 24.1 Å². The molecule has 5 rings (SSSR count). The molecular weight excluding hydrogens is 446 g/mol. The number of carbonyl (C=O) groups is 2. The summed E-state index contributed by atoms with van der Waals surface area (Å²) >= 11 is 0. The van der Waals surface area contributed by atoms with Gasteiger partial charge in [0.2, 0.25) is 0 Å². The lowest BCUT2D eigenvalue weighted by molar-refractivity contribution is 0.0654. The van der Waals surface area contributed by atoms with E-state index < -0.39 is 11.8 Å². The smallest absolute Gasteiger partial charge is 0.265 e. The number of aromatic nitrogens is 2. The molecule has 0 atom stereocenters. The third-order valence-electron chi connectivity index (χ3n) is 6.15. The molecule has 176 valence electrons. The Labute approximate surface area is 201 Å². The number of benzene rings is 3. The number of ether oxygens (including phenoxy) is 2. The fourth-order valence-electron chi connectivity index (χ4n) is 4.43. The molecule has 1 aromatic heterocycles. The summed E-state index contributed by atoms with van der Waals surface area (Å²) in [5, 5.41) is 0.446. The highest BCUT2D eigenvalue weighted by atomic mass is 16.5. The van der Waals surface area contributed by atoms with Crippen molar-refractivity contribution < 1.29 is 19.1 Å². The van der Waals surface area contributed by atoms with Gasteiger partial charge in [-0.1, -0.05) is 18.2 Å². The molecule has 1 aliphatic heterocycles. The highest BCUT2D eigenvalue weighted by molar-refractivity contribution is 6.22. The summed E-state index contributed by atoms with van der Waals surface area (Å²) in [6, 6.07) is 17.6. The van der Waals surface area contributed by atoms with E-state index in [0.717, 1.165) is 5.56 Å². The van der Waals surface area contributed by atoms with Crippen LogP contribution in [0, 0.1) is 6.92 Å². The van der Waals surface area contributed by atoms with E-state index in [2.05, 4.69) is 0 Å². The minimum absolute atomic E-state index is 0.0588. The highest BCUT2D eigenvalue weighted by Crippen LogP contribution is 2.31. The van der Waals surface area contributed by atoms with Crippen LogP contribution in [-0.2, 0) is 6.42 Å². The molecule has 0 fully saturated rings. The van der Waals surface area contributed by atoms with Crippen molar-refractivity contribution >= 4 is 22.7 Å². The molecule has 1 aliphatic rings. The first-order chi connectivity index (χ1) is 16.9. The average Bonchev–Trinajstić information content (AvgIpc) is 3.11. The molecule has 0 unspecified atom stereocenters. The molecule has 2 heterocycles. The first-order valence-corrected chi connectivity index (χ1v) is 11.1. The molecule has 0 N–H and O–H groups in total. The molecule has 8 nitrogen and oxygen atoms in total. The molecule has 2 amide bonds. The Morgan fingerprint density at radius 3 is 2.43 bits per heavy atom. The van der Waals surface area contributed by atoms with Crippen LogP contribution in [0.3, 0.4) is 0 Å². The molecule has 0 saturated heterocycles. The van der Waals surface area contributed by atoms with Crippen LogP contribution in [0.5, 0.6) is 11.5 Å². The second-order valence-electron chi connectivity index (χ2n) is 8.29. The van der Waals surface area contributed by atoms with Gasteiger partial charge >= 0.3 is 0 Å². The number of nitrogens with zero attached hydrogens (tertiary/aromatic N) is 3. The van der Waals surface area contributed by atoms with Crippen molar-refractivity contribution in [1.82, 2.24) is 14.5 Å². The minimum Gasteiger partial charge on any atom is -0.497 e. The number of aryl methyl sites for hydroxylation is 1. The van der Waals surface area contributed by atoms with Crippen LogP contribution in [0.25, 0.3) is 16.6 Å². The number of hydrogen-bond donors (Lipinski definition) is 0. The van der Waals surface area contributed by atoms with Crippen molar-refractivity contribution in [2.24, 2.45) is 0 Å². The van der Waals surface area contributed by atoms with Gasteiger partial charge in [-0.05, 0) is 48.9 Å². The summed E-state index contributed by atoms with van der Waals surface area (Å²) in [4.78, 5) is 45.6. The van der Waals surface area contributed by atoms with E-state index in [1.807, 2.05) is 31.2 Å². The average molecular weight is 469 g/mol. The zero-order valence-electron chi connectivity index (χ0n) is 19.6. The Morgan fingerprint density at radius 2 is 1.69 bits per heavy atom. The summed E-state index contributed by atoms with van der Waals surface area (Å²) in [6.07, 6.45) is 0.185. The number of methoxy groups -OCH3 is 2. The van der Waals surface area contributed by atoms with Crippen LogP contribution in [0.1, 0.15) is 32.1 Å². The van der Waals surface area contributed by atoms with Crippen molar-refractivity contribution in [3.8, 4) is 17.2 Å². The zero-order valence-corrected chi connectivity index (χ0v) is 19.6. The van der Waals surface area contributed by atoms with Gasteiger partial charge in [0.1, 0.15) is 17.3 Å². The molecule has 3 aromatic carbocycles. The summed E-state index contributed by atoms with van der Waals surface area (Å²) in [7, 11) is 3.01. The lowest BCUT2D eigenvalue weighted by atomic mass is 10.1. The van der Waals surface area contributed by atoms with Crippen molar-refractivity contribution in [3.63, 3.8) is 0 Å². The number of amides is 2. The number of fused-ring (bicyclic) bond motifs is 2. The fraction of sp³-hybridized carbons (Fsp3) is 0.185. The molecule has 0 spiro atoms. The second kappa shape index (κ2) is 8.72. The quantitative estimate of drug-likeness (QED) is 0.401. The van der Waals surface area contributed by atoms with E-state index in [1.165, 1.54) is 12.0 Å². The highest BCUT2D eigenvalue weighted by Gasteiger charge is 2.37. The van der Waals surface area contributed by atoms with Gasteiger partial charge in [0.15, 0.2) is 0 Å². The van der Waals surface area contributed by atoms with Crippen LogP contribution in [0.15, 0.2) is 65.5 Å². The lowest BCUT2D eigenvalue weighted by Gasteiger charge is -2.17. The van der Waals surface area contributed by atoms with Crippen molar-refractivity contribution in [3.05, 3.63) is 93.5 Å². The molecule has 35 heavy (non-hydrogen) atoms. The van der Waals surface area contributed by atoms with Gasteiger partial charge in [-0.3, -0.25) is 23.9 Å². The minimum atomic E-state index is -0.422. The van der Waals surface area contributed by atoms with Crippen LogP contribution in [0.4, 0.5) is 0 Å². The Hall–Kier alpha value is -4.46. The third kappa shape index (κ3) is 3.73. The topological polar surface area (TPSA) is 90.7 Å². The largest absolute Gasteiger partial charge is 0.497 e. The van der Waals surface area contributed by atoms with Crippen LogP contribution in [-0.4, -0.2) is 47.0 Å². The van der Waals surface area contributed by atoms with Crippen molar-refractivity contribution in [2.75, 3.05) is 20.8 Å². The molecular formula is C27H23N3O5. The van der Waals surface area contributed by atoms with Gasteiger partial charge in [-0.2, -0.15) is 0 Å². The van der Waals surface area contributed by atoms with E-state index in [0.29, 0.717) is 39.5 Å². The molecule has 0 radical (unpaired) electrons. The predicted octanol–water partition coefficient (Wildman–Crippen LogP) is 3.55. The molecule has 4 aromatic rings. The summed E-state index contributed by atoms with van der Waals surface area (Å²) in [6.45, 7) is 2.00. The van der Waals surface area contributed by atoms with E-state index in [1.54, 1.807) is 48.1 Å². The molecule has 0 bridgehead atoms. The molecule has 0 aliphatic carbocycles. The van der Waals surface area contributed by atoms with Crippen LogP contribution < -0.4 is 15.0 Å². The maximum absolute atomic E-state index is 13.6. The van der Waals surface area contributed by atoms with Gasteiger partial charge in [-0.15, -0.1) is 0 Å².